The largest absolute Gasteiger partial charge is 0.467 e. The van der Waals surface area contributed by atoms with E-state index in [9.17, 15) is 9.59 Å². The summed E-state index contributed by atoms with van der Waals surface area (Å²) >= 11 is 0. The molecule has 122 heavy (non-hydrogen) atoms. The maximum absolute atomic E-state index is 10.5. The number of carbonyl (C=O) groups is 2. The van der Waals surface area contributed by atoms with E-state index in [2.05, 4.69) is 165 Å². The molecule has 0 aliphatic heterocycles. The summed E-state index contributed by atoms with van der Waals surface area (Å²) in [6, 6.07) is 129. The van der Waals surface area contributed by atoms with Gasteiger partial charge in [-0.25, -0.2) is 9.59 Å². The summed E-state index contributed by atoms with van der Waals surface area (Å²) in [5.74, 6) is 3.32. The predicted octanol–water partition coefficient (Wildman–Crippen LogP) is 19.0. The van der Waals surface area contributed by atoms with Gasteiger partial charge < -0.3 is 65.3 Å². The fraction of sp³-hybridized carbons (Fsp3) is 0.0686. The van der Waals surface area contributed by atoms with Crippen molar-refractivity contribution in [3.63, 3.8) is 0 Å². The third kappa shape index (κ3) is 29.3. The number of aromatic nitrogens is 6. The van der Waals surface area contributed by atoms with E-state index in [1.807, 2.05) is 292 Å². The topological polar surface area (TPSA) is 277 Å². The van der Waals surface area contributed by atoms with Crippen molar-refractivity contribution in [1.82, 2.24) is 29.9 Å². The van der Waals surface area contributed by atoms with Gasteiger partial charge in [0.15, 0.2) is 12.4 Å². The molecular weight excluding hydrogens is 2060 g/mol. The molecule has 0 aliphatic rings. The van der Waals surface area contributed by atoms with Gasteiger partial charge in [-0.2, -0.15) is 9.59 Å². The fourth-order valence-electron chi connectivity index (χ4n) is 11.9. The van der Waals surface area contributed by atoms with Crippen LogP contribution < -0.4 is 0 Å². The minimum atomic E-state index is -1.32. The first-order valence-electron chi connectivity index (χ1n) is 36.9. The van der Waals surface area contributed by atoms with Gasteiger partial charge in [-0.15, -0.1) is 215 Å². The summed E-state index contributed by atoms with van der Waals surface area (Å²) in [6.07, 6.45) is 8.69. The van der Waals surface area contributed by atoms with Crippen LogP contribution in [0.2, 0.25) is 0 Å². The Kier molecular flexibility index (Phi) is 44.6. The molecule has 0 bridgehead atoms. The van der Waals surface area contributed by atoms with Crippen molar-refractivity contribution >= 4 is 82.7 Å². The van der Waals surface area contributed by atoms with Gasteiger partial charge in [0, 0.05) is 117 Å². The second kappa shape index (κ2) is 54.7. The van der Waals surface area contributed by atoms with Gasteiger partial charge >= 0.3 is 18.1 Å². The number of hydrogen-bond acceptors (Lipinski definition) is 15. The molecule has 0 amide bonds. The molecule has 20 heteroatoms. The van der Waals surface area contributed by atoms with Crippen LogP contribution in [-0.2, 0) is 93.7 Å². The van der Waals surface area contributed by atoms with Crippen LogP contribution in [0.15, 0.2) is 365 Å². The molecule has 0 saturated heterocycles. The Morgan fingerprint density at radius 2 is 0.516 bits per heavy atom. The molecule has 12 aromatic carbocycles. The van der Waals surface area contributed by atoms with Crippen molar-refractivity contribution in [2.75, 3.05) is 21.3 Å². The molecule has 2 unspecified atom stereocenters. The number of aliphatic hydroxyl groups is 2. The van der Waals surface area contributed by atoms with E-state index < -0.39 is 24.3 Å². The third-order valence-corrected chi connectivity index (χ3v) is 17.4. The van der Waals surface area contributed by atoms with Crippen molar-refractivity contribution < 1.29 is 115 Å². The molecule has 6 heterocycles. The smallest absolute Gasteiger partial charge is 0.384 e. The zero-order valence-corrected chi connectivity index (χ0v) is 73.6. The minimum Gasteiger partial charge on any atom is -0.467 e. The predicted molar refractivity (Wildman–Crippen MR) is 469 cm³/mol. The van der Waals surface area contributed by atoms with Crippen LogP contribution in [-0.4, -0.2) is 103 Å². The summed E-state index contributed by atoms with van der Waals surface area (Å²) in [7, 11) is 3.73. The Bertz CT molecular complexity index is 5320. The maximum Gasteiger partial charge on any atom is 0.384 e. The number of rotatable bonds is 10. The van der Waals surface area contributed by atoms with Crippen molar-refractivity contribution in [3.8, 4) is 79.4 Å². The van der Waals surface area contributed by atoms with Gasteiger partial charge in [0.25, 0.3) is 0 Å². The van der Waals surface area contributed by atoms with Gasteiger partial charge in [-0.05, 0) is 142 Å². The van der Waals surface area contributed by atoms with Gasteiger partial charge in [0.1, 0.15) is 0 Å². The Labute approximate surface area is 749 Å². The van der Waals surface area contributed by atoms with E-state index in [1.54, 1.807) is 6.92 Å². The minimum absolute atomic E-state index is 0. The van der Waals surface area contributed by atoms with E-state index in [0.29, 0.717) is 0 Å². The van der Waals surface area contributed by atoms with Crippen LogP contribution in [0.4, 0.5) is 0 Å². The van der Waals surface area contributed by atoms with Gasteiger partial charge in [-0.3, -0.25) is 0 Å². The molecule has 3 radical (unpaired) electrons. The van der Waals surface area contributed by atoms with Crippen LogP contribution in [0, 0.1) is 48.2 Å². The molecule has 18 aromatic rings. The first kappa shape index (κ1) is 99.3. The number of benzene rings is 12. The second-order valence-electron chi connectivity index (χ2n) is 24.9. The summed E-state index contributed by atoms with van der Waals surface area (Å²) in [5.41, 5.74) is 12.2. The van der Waals surface area contributed by atoms with Crippen LogP contribution in [0.25, 0.3) is 132 Å². The maximum atomic E-state index is 10.5. The molecule has 0 aliphatic carbocycles. The Morgan fingerprint density at radius 3 is 0.672 bits per heavy atom. The Hall–Kier alpha value is -13.3. The molecule has 619 valence electrons. The van der Waals surface area contributed by atoms with Crippen molar-refractivity contribution in [3.05, 3.63) is 401 Å². The van der Waals surface area contributed by atoms with E-state index in [-0.39, 0.29) is 83.8 Å². The number of pyridine rings is 6. The monoisotopic (exact) mass is 2150 g/mol. The number of methoxy groups -OCH3 is 3. The Morgan fingerprint density at radius 1 is 0.320 bits per heavy atom. The zero-order chi connectivity index (χ0) is 82.0. The average Bonchev–Trinajstić information content (AvgIpc) is 0.843. The summed E-state index contributed by atoms with van der Waals surface area (Å²) < 4.78 is 12.8. The number of carbonyl (C=O) groups excluding carboxylic acids is 4. The molecule has 0 saturated carbocycles. The third-order valence-electron chi connectivity index (χ3n) is 17.4. The van der Waals surface area contributed by atoms with Crippen molar-refractivity contribution in [2.24, 2.45) is 0 Å². The quantitative estimate of drug-likeness (QED) is 0.0423. The normalized spacial score (nSPS) is 10.1. The number of aliphatic hydroxyl groups excluding tert-OH is 2. The number of fused-ring (bicyclic) bond motifs is 6. The number of esters is 2. The van der Waals surface area contributed by atoms with Crippen molar-refractivity contribution in [1.29, 1.82) is 0 Å². The van der Waals surface area contributed by atoms with Crippen LogP contribution in [0.5, 0.6) is 0 Å². The van der Waals surface area contributed by atoms with Gasteiger partial charge in [-0.1, -0.05) is 152 Å². The first-order valence-corrected chi connectivity index (χ1v) is 36.9. The van der Waals surface area contributed by atoms with Gasteiger partial charge in [0.2, 0.25) is 0 Å². The first-order chi connectivity index (χ1) is 57.5. The van der Waals surface area contributed by atoms with Crippen LogP contribution in [0.1, 0.15) is 13.3 Å². The number of nitrogens with zero attached hydrogens (tertiary/aromatic N) is 6. The molecule has 0 fully saturated rings. The molecule has 17 nitrogen and oxygen atoms in total. The van der Waals surface area contributed by atoms with E-state index in [1.165, 1.54) is 78.9 Å². The van der Waals surface area contributed by atoms with Crippen LogP contribution >= 0.6 is 0 Å². The van der Waals surface area contributed by atoms with E-state index in [0.717, 1.165) is 74.7 Å². The number of ether oxygens (including phenoxy) is 3. The fourth-order valence-corrected chi connectivity index (χ4v) is 11.9. The average molecular weight is 2140 g/mol. The van der Waals surface area contributed by atoms with E-state index >= 15 is 0 Å². The zero-order valence-electron chi connectivity index (χ0n) is 66.4. The summed E-state index contributed by atoms with van der Waals surface area (Å²) in [5, 5.41) is 32.0. The molecule has 2 atom stereocenters. The molecule has 6 N–H and O–H groups in total. The standard InChI is InChI=1S/6C15H10N.C6H12O5.C5H6O2.CO2.3Ir.2H2O/c6*1-2-7-13(8-3-1)15-14-9-5-4-6-12(14)10-11-16-15;1-10-5(8)3-4(7)6(9)11-2;1-3-4-5(6)7-2;2-1-3;;;;;/h6*1-7,9-11H;4-5,7-8H,3H2,1-2H3;1-2H3;;;;;2*1H2/q6*-1;;;;;;;;. The summed E-state index contributed by atoms with van der Waals surface area (Å²) in [6.45, 7) is 1.58. The van der Waals surface area contributed by atoms with Crippen LogP contribution in [0.3, 0.4) is 0 Å². The summed E-state index contributed by atoms with van der Waals surface area (Å²) in [4.78, 5) is 63.5. The molecule has 6 aromatic heterocycles. The molecular formula is C102H82Ir3N6O11-6. The Balaban J connectivity index is 0.000000247. The van der Waals surface area contributed by atoms with Gasteiger partial charge in [0.05, 0.1) is 14.2 Å². The van der Waals surface area contributed by atoms with E-state index in [4.69, 9.17) is 19.8 Å². The number of hydrogen-bond donors (Lipinski definition) is 2. The molecule has 18 rings (SSSR count). The van der Waals surface area contributed by atoms with Crippen molar-refractivity contribution in [2.45, 2.75) is 25.7 Å². The molecule has 0 spiro atoms. The SMILES string of the molecule is CC#CC(=O)OC.COC(=O)C(O)CC(O)OC.O.O.O=C=O.[Ir].[Ir].[Ir].[c-]1ccccc1-c1nccc2ccccc12.[c-]1ccccc1-c1nccc2ccccc12.[c-]1ccccc1-c1nccc2ccccc12.[c-]1ccccc1-c1nccc2ccccc12.[c-]1ccccc1-c1nccc2ccccc12.[c-]1ccccc1-c1nccc2ccccc12. The second-order valence-corrected chi connectivity index (χ2v) is 24.9.